The van der Waals surface area contributed by atoms with E-state index in [0.717, 1.165) is 21.9 Å². The third-order valence-corrected chi connectivity index (χ3v) is 4.34. The van der Waals surface area contributed by atoms with Crippen molar-refractivity contribution >= 4 is 28.4 Å². The van der Waals surface area contributed by atoms with Gasteiger partial charge < -0.3 is 16.0 Å². The van der Waals surface area contributed by atoms with Crippen molar-refractivity contribution in [2.45, 2.75) is 19.9 Å². The molecule has 5 heteroatoms. The summed E-state index contributed by atoms with van der Waals surface area (Å²) >= 11 is 0. The van der Waals surface area contributed by atoms with Crippen LogP contribution >= 0.6 is 0 Å². The molecule has 0 bridgehead atoms. The van der Waals surface area contributed by atoms with E-state index in [1.54, 1.807) is 6.07 Å². The predicted molar refractivity (Wildman–Crippen MR) is 109 cm³/mol. The Morgan fingerprint density at radius 3 is 2.48 bits per heavy atom. The Balaban J connectivity index is 1.51. The first-order valence-corrected chi connectivity index (χ1v) is 8.91. The number of fused-ring (bicyclic) bond motifs is 1. The van der Waals surface area contributed by atoms with Gasteiger partial charge in [0, 0.05) is 5.69 Å². The number of benzene rings is 3. The zero-order valence-corrected chi connectivity index (χ0v) is 15.5. The summed E-state index contributed by atoms with van der Waals surface area (Å²) in [6.45, 7) is 3.79. The van der Waals surface area contributed by atoms with Crippen LogP contribution in [0, 0.1) is 6.92 Å². The van der Waals surface area contributed by atoms with Crippen molar-refractivity contribution in [2.75, 3.05) is 11.9 Å². The zero-order valence-electron chi connectivity index (χ0n) is 15.5. The number of hydrogen-bond donors (Lipinski definition) is 3. The van der Waals surface area contributed by atoms with E-state index in [4.69, 9.17) is 0 Å². The van der Waals surface area contributed by atoms with Gasteiger partial charge in [0.25, 0.3) is 0 Å². The van der Waals surface area contributed by atoms with Crippen LogP contribution < -0.4 is 16.0 Å². The Kier molecular flexibility index (Phi) is 5.71. The highest BCUT2D eigenvalue weighted by Gasteiger charge is 2.11. The van der Waals surface area contributed by atoms with Crippen LogP contribution in [-0.4, -0.2) is 18.5 Å². The highest BCUT2D eigenvalue weighted by atomic mass is 16.2. The maximum atomic E-state index is 12.1. The Morgan fingerprint density at radius 1 is 0.926 bits per heavy atom. The number of hydrogen-bond acceptors (Lipinski definition) is 2. The van der Waals surface area contributed by atoms with Crippen LogP contribution in [0.3, 0.4) is 0 Å². The van der Waals surface area contributed by atoms with Crippen molar-refractivity contribution in [2.24, 2.45) is 0 Å². The van der Waals surface area contributed by atoms with Crippen LogP contribution in [0.5, 0.6) is 0 Å². The van der Waals surface area contributed by atoms with Gasteiger partial charge in [-0.15, -0.1) is 0 Å². The molecule has 5 nitrogen and oxygen atoms in total. The van der Waals surface area contributed by atoms with Gasteiger partial charge in [0.05, 0.1) is 12.6 Å². The summed E-state index contributed by atoms with van der Waals surface area (Å²) in [4.78, 5) is 24.1. The molecule has 3 rings (SSSR count). The molecule has 0 spiro atoms. The molecule has 0 saturated heterocycles. The van der Waals surface area contributed by atoms with Crippen LogP contribution in [0.2, 0.25) is 0 Å². The number of urea groups is 1. The van der Waals surface area contributed by atoms with Crippen molar-refractivity contribution in [1.82, 2.24) is 10.6 Å². The second-order valence-corrected chi connectivity index (χ2v) is 6.57. The van der Waals surface area contributed by atoms with E-state index in [2.05, 4.69) is 28.1 Å². The van der Waals surface area contributed by atoms with Crippen LogP contribution in [0.1, 0.15) is 24.1 Å². The molecule has 3 aromatic rings. The zero-order chi connectivity index (χ0) is 19.2. The summed E-state index contributed by atoms with van der Waals surface area (Å²) in [7, 11) is 0. The second kappa shape index (κ2) is 8.36. The Bertz CT molecular complexity index is 968. The van der Waals surface area contributed by atoms with Crippen molar-refractivity contribution < 1.29 is 9.59 Å². The maximum absolute atomic E-state index is 12.1. The number of carbonyl (C=O) groups excluding carboxylic acids is 2. The molecule has 0 aromatic heterocycles. The molecule has 0 aliphatic rings. The molecule has 3 aromatic carbocycles. The third kappa shape index (κ3) is 5.07. The fourth-order valence-electron chi connectivity index (χ4n) is 2.91. The average Bonchev–Trinajstić information content (AvgIpc) is 2.66. The molecular formula is C22H23N3O2. The topological polar surface area (TPSA) is 70.2 Å². The monoisotopic (exact) mass is 361 g/mol. The Morgan fingerprint density at radius 2 is 1.70 bits per heavy atom. The van der Waals surface area contributed by atoms with Gasteiger partial charge in [-0.05, 0) is 53.9 Å². The molecule has 3 amide bonds. The number of nitrogens with one attached hydrogen (secondary N) is 3. The summed E-state index contributed by atoms with van der Waals surface area (Å²) in [5.41, 5.74) is 2.76. The highest BCUT2D eigenvalue weighted by Crippen LogP contribution is 2.20. The van der Waals surface area contributed by atoms with Gasteiger partial charge in [0.1, 0.15) is 0 Å². The first-order chi connectivity index (χ1) is 13.0. The normalized spacial score (nSPS) is 11.6. The third-order valence-electron chi connectivity index (χ3n) is 4.34. The molecule has 0 aliphatic carbocycles. The van der Waals surface area contributed by atoms with Crippen LogP contribution in [0.15, 0.2) is 66.7 Å². The number of carbonyl (C=O) groups is 2. The van der Waals surface area contributed by atoms with E-state index < -0.39 is 6.03 Å². The maximum Gasteiger partial charge on any atom is 0.319 e. The quantitative estimate of drug-likeness (QED) is 0.639. The molecule has 0 heterocycles. The molecular weight excluding hydrogens is 338 g/mol. The molecule has 1 atom stereocenters. The molecule has 1 unspecified atom stereocenters. The SMILES string of the molecule is Cc1cccc(NC(=O)NCC(=O)NC(C)c2ccc3ccccc3c2)c1. The highest BCUT2D eigenvalue weighted by molar-refractivity contribution is 5.92. The van der Waals surface area contributed by atoms with E-state index in [1.807, 2.05) is 62.4 Å². The van der Waals surface area contributed by atoms with Gasteiger partial charge in [0.15, 0.2) is 0 Å². The average molecular weight is 361 g/mol. The van der Waals surface area contributed by atoms with Gasteiger partial charge in [-0.2, -0.15) is 0 Å². The van der Waals surface area contributed by atoms with Crippen molar-refractivity contribution in [1.29, 1.82) is 0 Å². The smallest absolute Gasteiger partial charge is 0.319 e. The summed E-state index contributed by atoms with van der Waals surface area (Å²) in [6.07, 6.45) is 0. The van der Waals surface area contributed by atoms with Gasteiger partial charge in [0.2, 0.25) is 5.91 Å². The fraction of sp³-hybridized carbons (Fsp3) is 0.182. The minimum absolute atomic E-state index is 0.0877. The lowest BCUT2D eigenvalue weighted by molar-refractivity contribution is -0.120. The fourth-order valence-corrected chi connectivity index (χ4v) is 2.91. The van der Waals surface area contributed by atoms with E-state index in [-0.39, 0.29) is 18.5 Å². The van der Waals surface area contributed by atoms with Crippen LogP contribution in [-0.2, 0) is 4.79 Å². The molecule has 3 N–H and O–H groups in total. The van der Waals surface area contributed by atoms with Crippen molar-refractivity contribution in [3.8, 4) is 0 Å². The first-order valence-electron chi connectivity index (χ1n) is 8.91. The van der Waals surface area contributed by atoms with Gasteiger partial charge >= 0.3 is 6.03 Å². The molecule has 0 aliphatic heterocycles. The van der Waals surface area contributed by atoms with E-state index in [1.165, 1.54) is 0 Å². The Labute approximate surface area is 158 Å². The standard InChI is InChI=1S/C22H23N3O2/c1-15-6-5-9-20(12-15)25-22(27)23-14-21(26)24-16(2)18-11-10-17-7-3-4-8-19(17)13-18/h3-13,16H,14H2,1-2H3,(H,24,26)(H2,23,25,27). The largest absolute Gasteiger partial charge is 0.348 e. The lowest BCUT2D eigenvalue weighted by atomic mass is 10.0. The summed E-state index contributed by atoms with van der Waals surface area (Å²) in [5.74, 6) is -0.241. The molecule has 0 fully saturated rings. The van der Waals surface area contributed by atoms with E-state index in [9.17, 15) is 9.59 Å². The predicted octanol–water partition coefficient (Wildman–Crippen LogP) is 4.15. The Hall–Kier alpha value is -3.34. The van der Waals surface area contributed by atoms with Crippen molar-refractivity contribution in [3.63, 3.8) is 0 Å². The van der Waals surface area contributed by atoms with Gasteiger partial charge in [-0.3, -0.25) is 4.79 Å². The van der Waals surface area contributed by atoms with Gasteiger partial charge in [-0.25, -0.2) is 4.79 Å². The van der Waals surface area contributed by atoms with E-state index in [0.29, 0.717) is 5.69 Å². The van der Waals surface area contributed by atoms with Crippen molar-refractivity contribution in [3.05, 3.63) is 77.9 Å². The minimum Gasteiger partial charge on any atom is -0.348 e. The second-order valence-electron chi connectivity index (χ2n) is 6.57. The molecule has 0 saturated carbocycles. The number of amides is 3. The number of rotatable bonds is 5. The van der Waals surface area contributed by atoms with E-state index >= 15 is 0 Å². The summed E-state index contributed by atoms with van der Waals surface area (Å²) in [6, 6.07) is 21.1. The number of anilines is 1. The minimum atomic E-state index is -0.408. The lowest BCUT2D eigenvalue weighted by Crippen LogP contribution is -2.39. The van der Waals surface area contributed by atoms with Crippen LogP contribution in [0.4, 0.5) is 10.5 Å². The molecule has 138 valence electrons. The number of aryl methyl sites for hydroxylation is 1. The summed E-state index contributed by atoms with van der Waals surface area (Å²) < 4.78 is 0. The molecule has 0 radical (unpaired) electrons. The van der Waals surface area contributed by atoms with Crippen LogP contribution in [0.25, 0.3) is 10.8 Å². The first kappa shape index (κ1) is 18.5. The lowest BCUT2D eigenvalue weighted by Gasteiger charge is -2.15. The van der Waals surface area contributed by atoms with Gasteiger partial charge in [-0.1, -0.05) is 48.5 Å². The molecule has 27 heavy (non-hydrogen) atoms. The summed E-state index contributed by atoms with van der Waals surface area (Å²) in [5, 5.41) is 10.5.